The highest BCUT2D eigenvalue weighted by Crippen LogP contribution is 2.34. The van der Waals surface area contributed by atoms with E-state index >= 15 is 0 Å². The summed E-state index contributed by atoms with van der Waals surface area (Å²) in [7, 11) is 0. The number of likely N-dealkylation sites (tertiary alicyclic amines) is 1. The van der Waals surface area contributed by atoms with E-state index in [1.165, 1.54) is 0 Å². The molecule has 2 saturated heterocycles. The molecule has 0 unspecified atom stereocenters. The number of carbonyl (C=O) groups is 1. The van der Waals surface area contributed by atoms with E-state index in [9.17, 15) is 4.79 Å². The van der Waals surface area contributed by atoms with Crippen LogP contribution in [-0.4, -0.2) is 55.4 Å². The Morgan fingerprint density at radius 1 is 1.22 bits per heavy atom. The van der Waals surface area contributed by atoms with Crippen molar-refractivity contribution in [2.75, 3.05) is 26.2 Å². The van der Waals surface area contributed by atoms with Crippen molar-refractivity contribution in [3.05, 3.63) is 0 Å². The van der Waals surface area contributed by atoms with Gasteiger partial charge >= 0.3 is 6.03 Å². The van der Waals surface area contributed by atoms with Gasteiger partial charge in [0.05, 0.1) is 6.10 Å². The van der Waals surface area contributed by atoms with Gasteiger partial charge in [0.15, 0.2) is 0 Å². The second-order valence-electron chi connectivity index (χ2n) is 8.46. The minimum absolute atomic E-state index is 0.0208. The summed E-state index contributed by atoms with van der Waals surface area (Å²) in [6.07, 6.45) is 3.36. The standard InChI is InChI=1S/C18H35N3O2/c1-13(2)21-9-6-15(7-10-21)20-17(22)19-12-14-8-11-23-16(14)18(3,4)5/h13-16H,6-12H2,1-5H3,(H2,19,20,22)/t14-,16+/m1/s1. The molecule has 134 valence electrons. The van der Waals surface area contributed by atoms with Gasteiger partial charge in [-0.15, -0.1) is 0 Å². The fourth-order valence-corrected chi connectivity index (χ4v) is 3.82. The van der Waals surface area contributed by atoms with Crippen LogP contribution in [0.4, 0.5) is 4.79 Å². The number of nitrogens with one attached hydrogen (secondary N) is 2. The zero-order valence-electron chi connectivity index (χ0n) is 15.5. The molecule has 2 N–H and O–H groups in total. The van der Waals surface area contributed by atoms with Gasteiger partial charge in [-0.2, -0.15) is 0 Å². The molecule has 5 heteroatoms. The highest BCUT2D eigenvalue weighted by Gasteiger charge is 2.37. The second-order valence-corrected chi connectivity index (χ2v) is 8.46. The Balaban J connectivity index is 1.70. The second kappa shape index (κ2) is 7.84. The Morgan fingerprint density at radius 2 is 1.87 bits per heavy atom. The predicted molar refractivity (Wildman–Crippen MR) is 93.6 cm³/mol. The Bertz CT molecular complexity index is 384. The summed E-state index contributed by atoms with van der Waals surface area (Å²) in [5, 5.41) is 6.20. The average Bonchev–Trinajstić information content (AvgIpc) is 2.94. The summed E-state index contributed by atoms with van der Waals surface area (Å²) in [5.41, 5.74) is 0.128. The quantitative estimate of drug-likeness (QED) is 0.835. The molecule has 0 aromatic carbocycles. The zero-order valence-corrected chi connectivity index (χ0v) is 15.5. The molecule has 2 rings (SSSR count). The van der Waals surface area contributed by atoms with Crippen molar-refractivity contribution in [1.82, 2.24) is 15.5 Å². The van der Waals surface area contributed by atoms with Gasteiger partial charge in [0.1, 0.15) is 0 Å². The first kappa shape index (κ1) is 18.5. The third-order valence-corrected chi connectivity index (χ3v) is 5.19. The van der Waals surface area contributed by atoms with Gasteiger partial charge in [-0.05, 0) is 38.5 Å². The molecule has 2 aliphatic rings. The molecule has 0 aliphatic carbocycles. The SMILES string of the molecule is CC(C)N1CCC(NC(=O)NC[C@H]2CCO[C@@H]2C(C)(C)C)CC1. The van der Waals surface area contributed by atoms with Gasteiger partial charge in [0, 0.05) is 44.2 Å². The summed E-state index contributed by atoms with van der Waals surface area (Å²) in [5.74, 6) is 0.420. The van der Waals surface area contributed by atoms with Gasteiger partial charge in [0.2, 0.25) is 0 Å². The van der Waals surface area contributed by atoms with Gasteiger partial charge in [0.25, 0.3) is 0 Å². The van der Waals surface area contributed by atoms with E-state index in [1.807, 2.05) is 0 Å². The van der Waals surface area contributed by atoms with Crippen molar-refractivity contribution in [3.63, 3.8) is 0 Å². The smallest absolute Gasteiger partial charge is 0.315 e. The average molecular weight is 325 g/mol. The van der Waals surface area contributed by atoms with E-state index in [2.05, 4.69) is 50.2 Å². The Labute approximate surface area is 141 Å². The van der Waals surface area contributed by atoms with Crippen molar-refractivity contribution in [2.24, 2.45) is 11.3 Å². The molecule has 2 heterocycles. The number of hydrogen-bond acceptors (Lipinski definition) is 3. The molecule has 0 saturated carbocycles. The van der Waals surface area contributed by atoms with Gasteiger partial charge in [-0.25, -0.2) is 4.79 Å². The lowest BCUT2D eigenvalue weighted by Gasteiger charge is -2.35. The monoisotopic (exact) mass is 325 g/mol. The Morgan fingerprint density at radius 3 is 2.43 bits per heavy atom. The fourth-order valence-electron chi connectivity index (χ4n) is 3.82. The predicted octanol–water partition coefficient (Wildman–Crippen LogP) is 2.61. The van der Waals surface area contributed by atoms with Crippen LogP contribution in [0.1, 0.15) is 53.9 Å². The molecule has 0 radical (unpaired) electrons. The number of amides is 2. The molecular formula is C18H35N3O2. The molecule has 0 aromatic heterocycles. The fraction of sp³-hybridized carbons (Fsp3) is 0.944. The lowest BCUT2D eigenvalue weighted by atomic mass is 9.81. The molecular weight excluding hydrogens is 290 g/mol. The summed E-state index contributed by atoms with van der Waals surface area (Å²) in [6.45, 7) is 14.7. The number of nitrogens with zero attached hydrogens (tertiary/aromatic N) is 1. The van der Waals surface area contributed by atoms with Crippen LogP contribution in [0.25, 0.3) is 0 Å². The molecule has 2 aliphatic heterocycles. The van der Waals surface area contributed by atoms with Crippen molar-refractivity contribution in [3.8, 4) is 0 Å². The third-order valence-electron chi connectivity index (χ3n) is 5.19. The first-order chi connectivity index (χ1) is 10.8. The van der Waals surface area contributed by atoms with E-state index in [1.54, 1.807) is 0 Å². The lowest BCUT2D eigenvalue weighted by Crippen LogP contribution is -2.50. The first-order valence-corrected chi connectivity index (χ1v) is 9.17. The number of piperidine rings is 1. The van der Waals surface area contributed by atoms with Crippen molar-refractivity contribution >= 4 is 6.03 Å². The van der Waals surface area contributed by atoms with Crippen molar-refractivity contribution < 1.29 is 9.53 Å². The number of carbonyl (C=O) groups excluding carboxylic acids is 1. The van der Waals surface area contributed by atoms with E-state index < -0.39 is 0 Å². The largest absolute Gasteiger partial charge is 0.377 e. The third kappa shape index (κ3) is 5.35. The van der Waals surface area contributed by atoms with Crippen molar-refractivity contribution in [2.45, 2.75) is 72.1 Å². The molecule has 0 aromatic rings. The molecule has 2 amide bonds. The number of urea groups is 1. The van der Waals surface area contributed by atoms with Crippen LogP contribution in [0.15, 0.2) is 0 Å². The highest BCUT2D eigenvalue weighted by atomic mass is 16.5. The van der Waals surface area contributed by atoms with Crippen molar-refractivity contribution in [1.29, 1.82) is 0 Å². The Kier molecular flexibility index (Phi) is 6.32. The highest BCUT2D eigenvalue weighted by molar-refractivity contribution is 5.74. The summed E-state index contributed by atoms with van der Waals surface area (Å²) < 4.78 is 5.87. The minimum atomic E-state index is -0.0208. The number of rotatable bonds is 4. The summed E-state index contributed by atoms with van der Waals surface area (Å²) in [4.78, 5) is 14.6. The number of ether oxygens (including phenoxy) is 1. The van der Waals surface area contributed by atoms with Crippen LogP contribution in [0, 0.1) is 11.3 Å². The summed E-state index contributed by atoms with van der Waals surface area (Å²) >= 11 is 0. The molecule has 0 bridgehead atoms. The first-order valence-electron chi connectivity index (χ1n) is 9.17. The summed E-state index contributed by atoms with van der Waals surface area (Å²) in [6, 6.07) is 0.886. The van der Waals surface area contributed by atoms with E-state index in [0.29, 0.717) is 24.5 Å². The van der Waals surface area contributed by atoms with Crippen LogP contribution in [0.2, 0.25) is 0 Å². The van der Waals surface area contributed by atoms with Crippen LogP contribution in [0.5, 0.6) is 0 Å². The van der Waals surface area contributed by atoms with Gasteiger partial charge in [-0.1, -0.05) is 20.8 Å². The maximum Gasteiger partial charge on any atom is 0.315 e. The maximum atomic E-state index is 12.2. The lowest BCUT2D eigenvalue weighted by molar-refractivity contribution is 0.00772. The van der Waals surface area contributed by atoms with Crippen LogP contribution in [-0.2, 0) is 4.74 Å². The van der Waals surface area contributed by atoms with Gasteiger partial charge in [-0.3, -0.25) is 0 Å². The molecule has 5 nitrogen and oxygen atoms in total. The molecule has 23 heavy (non-hydrogen) atoms. The molecule has 0 spiro atoms. The number of hydrogen-bond donors (Lipinski definition) is 2. The Hall–Kier alpha value is -0.810. The minimum Gasteiger partial charge on any atom is -0.377 e. The normalized spacial score (nSPS) is 27.4. The van der Waals surface area contributed by atoms with E-state index in [4.69, 9.17) is 4.74 Å². The molecule has 2 atom stereocenters. The van der Waals surface area contributed by atoms with Gasteiger partial charge < -0.3 is 20.3 Å². The van der Waals surface area contributed by atoms with Crippen LogP contribution >= 0.6 is 0 Å². The van der Waals surface area contributed by atoms with Crippen LogP contribution in [0.3, 0.4) is 0 Å². The van der Waals surface area contributed by atoms with E-state index in [0.717, 1.165) is 39.0 Å². The molecule has 2 fully saturated rings. The van der Waals surface area contributed by atoms with E-state index in [-0.39, 0.29) is 17.6 Å². The van der Waals surface area contributed by atoms with Crippen LogP contribution < -0.4 is 10.6 Å². The zero-order chi connectivity index (χ0) is 17.0. The maximum absolute atomic E-state index is 12.2. The topological polar surface area (TPSA) is 53.6 Å².